The monoisotopic (exact) mass is 432 g/mol. The number of aryl methyl sites for hydroxylation is 1. The summed E-state index contributed by atoms with van der Waals surface area (Å²) < 4.78 is 46.0. The SMILES string of the molecule is Cc1cc(OCS(=O)(=O)N(C)C)cc(=O)n1[C@H](C)c1ccc(C#CC2CC2)c(F)c1. The Labute approximate surface area is 176 Å². The van der Waals surface area contributed by atoms with E-state index in [1.807, 2.05) is 0 Å². The van der Waals surface area contributed by atoms with E-state index >= 15 is 0 Å². The third-order valence-electron chi connectivity index (χ3n) is 5.02. The van der Waals surface area contributed by atoms with Gasteiger partial charge in [0.25, 0.3) is 5.56 Å². The number of hydrogen-bond acceptors (Lipinski definition) is 4. The summed E-state index contributed by atoms with van der Waals surface area (Å²) in [7, 11) is -0.741. The van der Waals surface area contributed by atoms with Crippen LogP contribution in [0, 0.1) is 30.5 Å². The summed E-state index contributed by atoms with van der Waals surface area (Å²) >= 11 is 0. The lowest BCUT2D eigenvalue weighted by atomic mass is 10.0. The molecule has 0 N–H and O–H groups in total. The van der Waals surface area contributed by atoms with Gasteiger partial charge in [-0.05, 0) is 50.5 Å². The number of ether oxygens (including phenoxy) is 1. The minimum absolute atomic E-state index is 0.170. The maximum atomic E-state index is 14.5. The fourth-order valence-electron chi connectivity index (χ4n) is 2.96. The van der Waals surface area contributed by atoms with E-state index in [9.17, 15) is 17.6 Å². The zero-order chi connectivity index (χ0) is 22.1. The van der Waals surface area contributed by atoms with Gasteiger partial charge in [-0.3, -0.25) is 4.79 Å². The summed E-state index contributed by atoms with van der Waals surface area (Å²) in [5, 5.41) is 0. The van der Waals surface area contributed by atoms with Crippen molar-refractivity contribution in [2.45, 2.75) is 32.7 Å². The van der Waals surface area contributed by atoms with Crippen molar-refractivity contribution < 1.29 is 17.5 Å². The highest BCUT2D eigenvalue weighted by Gasteiger charge is 2.19. The third kappa shape index (κ3) is 5.10. The second kappa shape index (κ2) is 8.62. The van der Waals surface area contributed by atoms with Gasteiger partial charge >= 0.3 is 0 Å². The lowest BCUT2D eigenvalue weighted by Gasteiger charge is -2.20. The van der Waals surface area contributed by atoms with Crippen LogP contribution in [0.25, 0.3) is 0 Å². The Morgan fingerprint density at radius 2 is 1.97 bits per heavy atom. The molecular formula is C22H25FN2O4S. The van der Waals surface area contributed by atoms with Crippen molar-refractivity contribution in [1.82, 2.24) is 8.87 Å². The Hall–Kier alpha value is -2.63. The standard InChI is InChI=1S/C22H25FN2O4S/c1-15-11-20(29-14-30(27,28)24(3)4)13-22(26)25(15)16(2)19-10-9-18(21(23)12-19)8-7-17-5-6-17/h9-13,16-17H,5-6,14H2,1-4H3/t16-/m1/s1. The van der Waals surface area contributed by atoms with Crippen molar-refractivity contribution in [3.8, 4) is 17.6 Å². The zero-order valence-corrected chi connectivity index (χ0v) is 18.3. The predicted molar refractivity (Wildman–Crippen MR) is 113 cm³/mol. The second-order valence-electron chi connectivity index (χ2n) is 7.66. The van der Waals surface area contributed by atoms with Gasteiger partial charge in [0.15, 0.2) is 0 Å². The Morgan fingerprint density at radius 1 is 1.27 bits per heavy atom. The van der Waals surface area contributed by atoms with E-state index < -0.39 is 27.8 Å². The molecule has 3 rings (SSSR count). The second-order valence-corrected chi connectivity index (χ2v) is 9.79. The number of sulfonamides is 1. The van der Waals surface area contributed by atoms with Gasteiger partial charge in [-0.2, -0.15) is 0 Å². The van der Waals surface area contributed by atoms with Crippen LogP contribution in [0.2, 0.25) is 0 Å². The molecule has 1 aromatic carbocycles. The molecule has 160 valence electrons. The maximum Gasteiger partial charge on any atom is 0.254 e. The molecule has 0 aliphatic heterocycles. The Balaban J connectivity index is 1.82. The van der Waals surface area contributed by atoms with Crippen molar-refractivity contribution in [3.63, 3.8) is 0 Å². The van der Waals surface area contributed by atoms with Gasteiger partial charge < -0.3 is 9.30 Å². The molecule has 0 saturated heterocycles. The number of hydrogen-bond donors (Lipinski definition) is 0. The van der Waals surface area contributed by atoms with Crippen LogP contribution in [0.15, 0.2) is 35.1 Å². The summed E-state index contributed by atoms with van der Waals surface area (Å²) in [6.45, 7) is 3.52. The van der Waals surface area contributed by atoms with Crippen molar-refractivity contribution >= 4 is 10.0 Å². The summed E-state index contributed by atoms with van der Waals surface area (Å²) in [4.78, 5) is 12.7. The molecular weight excluding hydrogens is 407 g/mol. The largest absolute Gasteiger partial charge is 0.476 e. The van der Waals surface area contributed by atoms with Gasteiger partial charge in [0.2, 0.25) is 16.0 Å². The number of rotatable bonds is 6. The van der Waals surface area contributed by atoms with Gasteiger partial charge in [-0.1, -0.05) is 17.9 Å². The number of benzene rings is 1. The first-order chi connectivity index (χ1) is 14.1. The van der Waals surface area contributed by atoms with Crippen LogP contribution in [0.1, 0.15) is 42.6 Å². The molecule has 30 heavy (non-hydrogen) atoms. The highest BCUT2D eigenvalue weighted by molar-refractivity contribution is 7.88. The topological polar surface area (TPSA) is 68.6 Å². The molecule has 1 aromatic heterocycles. The van der Waals surface area contributed by atoms with Crippen LogP contribution in [-0.2, 0) is 10.0 Å². The average molecular weight is 433 g/mol. The summed E-state index contributed by atoms with van der Waals surface area (Å²) in [5.41, 5.74) is 1.20. The third-order valence-corrected chi connectivity index (χ3v) is 6.54. The van der Waals surface area contributed by atoms with Crippen LogP contribution in [-0.4, -0.2) is 37.3 Å². The van der Waals surface area contributed by atoms with Crippen LogP contribution in [0.5, 0.6) is 5.75 Å². The highest BCUT2D eigenvalue weighted by atomic mass is 32.2. The first-order valence-electron chi connectivity index (χ1n) is 9.65. The maximum absolute atomic E-state index is 14.5. The number of nitrogens with zero attached hydrogens (tertiary/aromatic N) is 2. The molecule has 1 fully saturated rings. The molecule has 6 nitrogen and oxygen atoms in total. The van der Waals surface area contributed by atoms with Gasteiger partial charge in [0.05, 0.1) is 11.6 Å². The minimum atomic E-state index is -3.56. The van der Waals surface area contributed by atoms with E-state index in [2.05, 4.69) is 11.8 Å². The Morgan fingerprint density at radius 3 is 2.53 bits per heavy atom. The van der Waals surface area contributed by atoms with Crippen molar-refractivity contribution in [2.75, 3.05) is 20.0 Å². The van der Waals surface area contributed by atoms with Crippen LogP contribution in [0.3, 0.4) is 0 Å². The minimum Gasteiger partial charge on any atom is -0.476 e. The van der Waals surface area contributed by atoms with E-state index in [1.54, 1.807) is 32.0 Å². The molecule has 1 aliphatic rings. The highest BCUT2D eigenvalue weighted by Crippen LogP contribution is 2.28. The molecule has 0 bridgehead atoms. The first-order valence-corrected chi connectivity index (χ1v) is 11.3. The molecule has 0 amide bonds. The van der Waals surface area contributed by atoms with Gasteiger partial charge in [-0.15, -0.1) is 0 Å². The van der Waals surface area contributed by atoms with E-state index in [1.165, 1.54) is 30.8 Å². The average Bonchev–Trinajstić information content (AvgIpc) is 3.49. The molecule has 0 spiro atoms. The molecule has 1 atom stereocenters. The smallest absolute Gasteiger partial charge is 0.254 e. The fourth-order valence-corrected chi connectivity index (χ4v) is 3.45. The van der Waals surface area contributed by atoms with Crippen molar-refractivity contribution in [3.05, 3.63) is 63.3 Å². The van der Waals surface area contributed by atoms with E-state index in [0.717, 1.165) is 17.1 Å². The molecule has 0 radical (unpaired) electrons. The summed E-state index contributed by atoms with van der Waals surface area (Å²) in [6, 6.07) is 7.22. The number of aromatic nitrogens is 1. The van der Waals surface area contributed by atoms with Crippen molar-refractivity contribution in [2.24, 2.45) is 5.92 Å². The molecule has 1 heterocycles. The summed E-state index contributed by atoms with van der Waals surface area (Å²) in [5.74, 6) is 5.51. The van der Waals surface area contributed by atoms with Crippen LogP contribution >= 0.6 is 0 Å². The summed E-state index contributed by atoms with van der Waals surface area (Å²) in [6.07, 6.45) is 2.15. The lowest BCUT2D eigenvalue weighted by Crippen LogP contribution is -2.29. The zero-order valence-electron chi connectivity index (χ0n) is 17.5. The van der Waals surface area contributed by atoms with E-state index in [4.69, 9.17) is 4.74 Å². The predicted octanol–water partition coefficient (Wildman–Crippen LogP) is 2.89. The van der Waals surface area contributed by atoms with E-state index in [-0.39, 0.29) is 11.3 Å². The quantitative estimate of drug-likeness (QED) is 0.659. The molecule has 8 heteroatoms. The molecule has 1 aliphatic carbocycles. The fraction of sp³-hybridized carbons (Fsp3) is 0.409. The van der Waals surface area contributed by atoms with Crippen LogP contribution in [0.4, 0.5) is 4.39 Å². The first kappa shape index (κ1) is 22.1. The van der Waals surface area contributed by atoms with E-state index in [0.29, 0.717) is 22.7 Å². The van der Waals surface area contributed by atoms with Gasteiger partial charge in [-0.25, -0.2) is 17.1 Å². The van der Waals surface area contributed by atoms with Crippen molar-refractivity contribution in [1.29, 1.82) is 0 Å². The molecule has 1 saturated carbocycles. The van der Waals surface area contributed by atoms with Crippen LogP contribution < -0.4 is 10.3 Å². The Bertz CT molecular complexity index is 1170. The lowest BCUT2D eigenvalue weighted by molar-refractivity contribution is 0.361. The normalized spacial score (nSPS) is 14.9. The van der Waals surface area contributed by atoms with Gasteiger partial charge in [0.1, 0.15) is 11.6 Å². The Kier molecular flexibility index (Phi) is 6.34. The molecule has 0 unspecified atom stereocenters. The van der Waals surface area contributed by atoms with Gasteiger partial charge in [0, 0.05) is 31.8 Å². The molecule has 2 aromatic rings. The number of halogens is 1. The number of pyridine rings is 1.